The second kappa shape index (κ2) is 5.75. The zero-order valence-electron chi connectivity index (χ0n) is 10.2. The van der Waals surface area contributed by atoms with E-state index in [0.29, 0.717) is 5.41 Å². The van der Waals surface area contributed by atoms with Crippen LogP contribution in [0.15, 0.2) is 0 Å². The summed E-state index contributed by atoms with van der Waals surface area (Å²) in [5, 5.41) is 3.63. The molecule has 0 radical (unpaired) electrons. The Labute approximate surface area is 89.7 Å². The zero-order chi connectivity index (χ0) is 10.4. The molecular formula is C13H27N. The van der Waals surface area contributed by atoms with Crippen LogP contribution in [0.2, 0.25) is 0 Å². The fourth-order valence-corrected chi connectivity index (χ4v) is 2.73. The van der Waals surface area contributed by atoms with Crippen LogP contribution < -0.4 is 5.32 Å². The number of hydrogen-bond acceptors (Lipinski definition) is 1. The van der Waals surface area contributed by atoms with Crippen molar-refractivity contribution in [2.75, 3.05) is 13.1 Å². The maximum absolute atomic E-state index is 3.63. The van der Waals surface area contributed by atoms with Gasteiger partial charge in [0.15, 0.2) is 0 Å². The van der Waals surface area contributed by atoms with Crippen molar-refractivity contribution in [1.29, 1.82) is 0 Å². The fraction of sp³-hybridized carbons (Fsp3) is 1.00. The summed E-state index contributed by atoms with van der Waals surface area (Å²) in [6.07, 6.45) is 8.51. The smallest absolute Gasteiger partial charge is 0.00103 e. The molecule has 0 aliphatic heterocycles. The summed E-state index contributed by atoms with van der Waals surface area (Å²) in [5.41, 5.74) is 0.618. The maximum Gasteiger partial charge on any atom is 0.00103 e. The highest BCUT2D eigenvalue weighted by Crippen LogP contribution is 2.41. The van der Waals surface area contributed by atoms with Crippen LogP contribution in [0.5, 0.6) is 0 Å². The molecule has 1 nitrogen and oxygen atoms in total. The highest BCUT2D eigenvalue weighted by molar-refractivity contribution is 4.87. The molecule has 1 aliphatic carbocycles. The predicted molar refractivity (Wildman–Crippen MR) is 63.5 cm³/mol. The Kier molecular flexibility index (Phi) is 4.94. The molecule has 0 atom stereocenters. The Bertz CT molecular complexity index is 145. The van der Waals surface area contributed by atoms with E-state index in [9.17, 15) is 0 Å². The lowest BCUT2D eigenvalue weighted by molar-refractivity contribution is 0.115. The van der Waals surface area contributed by atoms with E-state index >= 15 is 0 Å². The summed E-state index contributed by atoms with van der Waals surface area (Å²) < 4.78 is 0. The molecule has 1 rings (SSSR count). The van der Waals surface area contributed by atoms with Crippen LogP contribution in [0, 0.1) is 11.3 Å². The second-order valence-electron chi connectivity index (χ2n) is 5.25. The van der Waals surface area contributed by atoms with Gasteiger partial charge in [0.25, 0.3) is 0 Å². The van der Waals surface area contributed by atoms with E-state index in [1.807, 2.05) is 0 Å². The van der Waals surface area contributed by atoms with Crippen LogP contribution in [0.4, 0.5) is 0 Å². The Morgan fingerprint density at radius 2 is 1.79 bits per heavy atom. The largest absolute Gasteiger partial charge is 0.316 e. The third-order valence-electron chi connectivity index (χ3n) is 3.98. The fourth-order valence-electron chi connectivity index (χ4n) is 2.73. The quantitative estimate of drug-likeness (QED) is 0.664. The average Bonchev–Trinajstić information content (AvgIpc) is 2.19. The van der Waals surface area contributed by atoms with Gasteiger partial charge in [-0.15, -0.1) is 0 Å². The van der Waals surface area contributed by atoms with Gasteiger partial charge in [-0.05, 0) is 37.1 Å². The van der Waals surface area contributed by atoms with Gasteiger partial charge in [0, 0.05) is 6.54 Å². The van der Waals surface area contributed by atoms with Crippen molar-refractivity contribution in [2.24, 2.45) is 11.3 Å². The van der Waals surface area contributed by atoms with E-state index in [1.165, 1.54) is 51.6 Å². The molecule has 0 amide bonds. The van der Waals surface area contributed by atoms with Gasteiger partial charge in [0.1, 0.15) is 0 Å². The SMILES string of the molecule is CCCNCC1(C(C)C)CCCCC1. The van der Waals surface area contributed by atoms with Crippen LogP contribution in [-0.2, 0) is 0 Å². The molecule has 1 aliphatic rings. The van der Waals surface area contributed by atoms with Crippen molar-refractivity contribution >= 4 is 0 Å². The molecule has 0 aromatic rings. The lowest BCUT2D eigenvalue weighted by Gasteiger charge is -2.41. The Hall–Kier alpha value is -0.0400. The van der Waals surface area contributed by atoms with Gasteiger partial charge in [-0.1, -0.05) is 40.0 Å². The molecule has 0 aromatic heterocycles. The molecule has 0 bridgehead atoms. The first-order chi connectivity index (χ1) is 6.71. The van der Waals surface area contributed by atoms with Crippen molar-refractivity contribution in [3.05, 3.63) is 0 Å². The van der Waals surface area contributed by atoms with Crippen molar-refractivity contribution in [3.8, 4) is 0 Å². The third-order valence-corrected chi connectivity index (χ3v) is 3.98. The first-order valence-corrected chi connectivity index (χ1v) is 6.42. The van der Waals surface area contributed by atoms with Gasteiger partial charge in [0.05, 0.1) is 0 Å². The molecule has 0 spiro atoms. The molecule has 0 saturated heterocycles. The topological polar surface area (TPSA) is 12.0 Å². The minimum absolute atomic E-state index is 0.618. The molecule has 0 heterocycles. The van der Waals surface area contributed by atoms with Gasteiger partial charge in [-0.2, -0.15) is 0 Å². The standard InChI is InChI=1S/C13H27N/c1-4-10-14-11-13(12(2)3)8-6-5-7-9-13/h12,14H,4-11H2,1-3H3. The first-order valence-electron chi connectivity index (χ1n) is 6.42. The summed E-state index contributed by atoms with van der Waals surface area (Å²) >= 11 is 0. The predicted octanol–water partition coefficient (Wildman–Crippen LogP) is 3.59. The highest BCUT2D eigenvalue weighted by Gasteiger charge is 2.34. The van der Waals surface area contributed by atoms with Crippen LogP contribution in [0.25, 0.3) is 0 Å². The lowest BCUT2D eigenvalue weighted by atomic mass is 9.67. The molecule has 1 saturated carbocycles. The second-order valence-corrected chi connectivity index (χ2v) is 5.25. The van der Waals surface area contributed by atoms with E-state index in [2.05, 4.69) is 26.1 Å². The Morgan fingerprint density at radius 1 is 1.14 bits per heavy atom. The average molecular weight is 197 g/mol. The monoisotopic (exact) mass is 197 g/mol. The van der Waals surface area contributed by atoms with Gasteiger partial charge in [-0.25, -0.2) is 0 Å². The highest BCUT2D eigenvalue weighted by atomic mass is 14.9. The van der Waals surface area contributed by atoms with Gasteiger partial charge >= 0.3 is 0 Å². The van der Waals surface area contributed by atoms with Gasteiger partial charge in [-0.3, -0.25) is 0 Å². The molecule has 1 fully saturated rings. The number of nitrogens with one attached hydrogen (secondary N) is 1. The van der Waals surface area contributed by atoms with Crippen molar-refractivity contribution in [3.63, 3.8) is 0 Å². The minimum atomic E-state index is 0.618. The first kappa shape index (κ1) is 12.0. The maximum atomic E-state index is 3.63. The van der Waals surface area contributed by atoms with Crippen LogP contribution >= 0.6 is 0 Å². The van der Waals surface area contributed by atoms with Crippen LogP contribution in [0.3, 0.4) is 0 Å². The molecule has 1 heteroatoms. The van der Waals surface area contributed by atoms with Crippen LogP contribution in [-0.4, -0.2) is 13.1 Å². The van der Waals surface area contributed by atoms with Crippen molar-refractivity contribution < 1.29 is 0 Å². The lowest BCUT2D eigenvalue weighted by Crippen LogP contribution is -2.40. The Balaban J connectivity index is 2.43. The Morgan fingerprint density at radius 3 is 2.29 bits per heavy atom. The van der Waals surface area contributed by atoms with Crippen molar-refractivity contribution in [2.45, 2.75) is 59.3 Å². The van der Waals surface area contributed by atoms with Crippen LogP contribution in [0.1, 0.15) is 59.3 Å². The summed E-state index contributed by atoms with van der Waals surface area (Å²) in [6, 6.07) is 0. The van der Waals surface area contributed by atoms with Gasteiger partial charge in [0.2, 0.25) is 0 Å². The normalized spacial score (nSPS) is 21.4. The molecule has 84 valence electrons. The molecule has 1 N–H and O–H groups in total. The van der Waals surface area contributed by atoms with E-state index in [0.717, 1.165) is 5.92 Å². The van der Waals surface area contributed by atoms with Gasteiger partial charge < -0.3 is 5.32 Å². The summed E-state index contributed by atoms with van der Waals surface area (Å²) in [7, 11) is 0. The summed E-state index contributed by atoms with van der Waals surface area (Å²) in [5.74, 6) is 0.840. The van der Waals surface area contributed by atoms with E-state index in [-0.39, 0.29) is 0 Å². The molecular weight excluding hydrogens is 170 g/mol. The summed E-state index contributed by atoms with van der Waals surface area (Å²) in [4.78, 5) is 0. The van der Waals surface area contributed by atoms with E-state index in [1.54, 1.807) is 0 Å². The number of rotatable bonds is 5. The number of hydrogen-bond donors (Lipinski definition) is 1. The van der Waals surface area contributed by atoms with E-state index < -0.39 is 0 Å². The zero-order valence-corrected chi connectivity index (χ0v) is 10.2. The molecule has 0 aromatic carbocycles. The molecule has 14 heavy (non-hydrogen) atoms. The van der Waals surface area contributed by atoms with E-state index in [4.69, 9.17) is 0 Å². The van der Waals surface area contributed by atoms with Crippen molar-refractivity contribution in [1.82, 2.24) is 5.32 Å². The summed E-state index contributed by atoms with van der Waals surface area (Å²) in [6.45, 7) is 9.49. The molecule has 0 unspecified atom stereocenters. The third kappa shape index (κ3) is 2.98. The minimum Gasteiger partial charge on any atom is -0.316 e.